The molecule has 0 saturated heterocycles. The van der Waals surface area contributed by atoms with Gasteiger partial charge >= 0.3 is 0 Å². The Bertz CT molecular complexity index is 379. The van der Waals surface area contributed by atoms with Crippen LogP contribution in [0.2, 0.25) is 5.02 Å². The van der Waals surface area contributed by atoms with E-state index in [1.807, 2.05) is 24.3 Å². The van der Waals surface area contributed by atoms with Crippen molar-refractivity contribution in [3.8, 4) is 0 Å². The lowest BCUT2D eigenvalue weighted by molar-refractivity contribution is -0.125. The van der Waals surface area contributed by atoms with E-state index >= 15 is 0 Å². The second kappa shape index (κ2) is 8.15. The van der Waals surface area contributed by atoms with Gasteiger partial charge in [-0.05, 0) is 30.5 Å². The molecule has 0 heterocycles. The Kier molecular flexibility index (Phi) is 6.81. The van der Waals surface area contributed by atoms with Gasteiger partial charge in [0, 0.05) is 17.5 Å². The second-order valence-electron chi connectivity index (χ2n) is 4.60. The van der Waals surface area contributed by atoms with Crippen LogP contribution in [0.3, 0.4) is 0 Å². The van der Waals surface area contributed by atoms with Crippen LogP contribution in [0.25, 0.3) is 0 Å². The van der Waals surface area contributed by atoms with Gasteiger partial charge in [0.15, 0.2) is 0 Å². The molecular formula is C15H22ClNO. The Hall–Kier alpha value is -1.02. The van der Waals surface area contributed by atoms with Crippen molar-refractivity contribution in [1.82, 2.24) is 5.32 Å². The third kappa shape index (κ3) is 5.09. The molecule has 0 aliphatic rings. The topological polar surface area (TPSA) is 29.1 Å². The number of unbranched alkanes of at least 4 members (excludes halogenated alkanes) is 1. The maximum atomic E-state index is 12.0. The molecule has 1 N–H and O–H groups in total. The monoisotopic (exact) mass is 267 g/mol. The summed E-state index contributed by atoms with van der Waals surface area (Å²) in [5.41, 5.74) is 1.04. The van der Waals surface area contributed by atoms with Crippen molar-refractivity contribution in [2.75, 3.05) is 0 Å². The summed E-state index contributed by atoms with van der Waals surface area (Å²) in [5.74, 6) is 0.301. The Morgan fingerprint density at radius 3 is 2.78 bits per heavy atom. The van der Waals surface area contributed by atoms with Gasteiger partial charge in [-0.3, -0.25) is 4.79 Å². The number of amides is 1. The molecule has 1 aromatic rings. The third-order valence-electron chi connectivity index (χ3n) is 3.13. The zero-order chi connectivity index (χ0) is 13.4. The zero-order valence-electron chi connectivity index (χ0n) is 11.2. The van der Waals surface area contributed by atoms with E-state index < -0.39 is 0 Å². The lowest BCUT2D eigenvalue weighted by Crippen LogP contribution is -2.30. The molecule has 1 amide bonds. The van der Waals surface area contributed by atoms with Gasteiger partial charge in [0.25, 0.3) is 0 Å². The number of halogens is 1. The van der Waals surface area contributed by atoms with E-state index in [1.165, 1.54) is 0 Å². The first kappa shape index (κ1) is 15.0. The normalized spacial score (nSPS) is 12.2. The summed E-state index contributed by atoms with van der Waals surface area (Å²) in [6.07, 6.45) is 4.14. The van der Waals surface area contributed by atoms with Gasteiger partial charge in [0.05, 0.1) is 0 Å². The van der Waals surface area contributed by atoms with Crippen LogP contribution in [-0.2, 0) is 11.3 Å². The van der Waals surface area contributed by atoms with Crippen molar-refractivity contribution in [2.45, 2.75) is 46.1 Å². The summed E-state index contributed by atoms with van der Waals surface area (Å²) in [6.45, 7) is 4.78. The van der Waals surface area contributed by atoms with Crippen molar-refractivity contribution in [2.24, 2.45) is 5.92 Å². The van der Waals surface area contributed by atoms with Crippen molar-refractivity contribution in [3.05, 3.63) is 34.9 Å². The Balaban J connectivity index is 2.44. The van der Waals surface area contributed by atoms with Gasteiger partial charge in [-0.1, -0.05) is 50.4 Å². The first-order valence-electron chi connectivity index (χ1n) is 6.69. The second-order valence-corrected chi connectivity index (χ2v) is 5.03. The molecule has 0 aromatic heterocycles. The molecule has 0 aliphatic heterocycles. The fourth-order valence-electron chi connectivity index (χ4n) is 1.95. The highest BCUT2D eigenvalue weighted by molar-refractivity contribution is 6.30. The summed E-state index contributed by atoms with van der Waals surface area (Å²) in [4.78, 5) is 12.0. The van der Waals surface area contributed by atoms with Gasteiger partial charge in [0.1, 0.15) is 0 Å². The summed E-state index contributed by atoms with van der Waals surface area (Å²) < 4.78 is 0. The van der Waals surface area contributed by atoms with Crippen LogP contribution in [-0.4, -0.2) is 5.91 Å². The number of nitrogens with one attached hydrogen (secondary N) is 1. The minimum atomic E-state index is 0.143. The van der Waals surface area contributed by atoms with E-state index in [9.17, 15) is 4.79 Å². The molecule has 1 unspecified atom stereocenters. The smallest absolute Gasteiger partial charge is 0.223 e. The molecule has 100 valence electrons. The highest BCUT2D eigenvalue weighted by Gasteiger charge is 2.15. The van der Waals surface area contributed by atoms with Crippen LogP contribution in [0, 0.1) is 5.92 Å². The molecule has 18 heavy (non-hydrogen) atoms. The Morgan fingerprint density at radius 2 is 2.17 bits per heavy atom. The maximum absolute atomic E-state index is 12.0. The lowest BCUT2D eigenvalue weighted by Gasteiger charge is -2.14. The lowest BCUT2D eigenvalue weighted by atomic mass is 9.98. The summed E-state index contributed by atoms with van der Waals surface area (Å²) in [7, 11) is 0. The van der Waals surface area contributed by atoms with Crippen molar-refractivity contribution >= 4 is 17.5 Å². The van der Waals surface area contributed by atoms with E-state index in [2.05, 4.69) is 19.2 Å². The predicted molar refractivity (Wildman–Crippen MR) is 76.6 cm³/mol. The SMILES string of the molecule is CCCCC(CC)C(=O)NCc1cccc(Cl)c1. The average molecular weight is 268 g/mol. The minimum absolute atomic E-state index is 0.143. The number of carbonyl (C=O) groups excluding carboxylic acids is 1. The highest BCUT2D eigenvalue weighted by atomic mass is 35.5. The van der Waals surface area contributed by atoms with Crippen molar-refractivity contribution < 1.29 is 4.79 Å². The standard InChI is InChI=1S/C15H22ClNO/c1-3-5-8-13(4-2)15(18)17-11-12-7-6-9-14(16)10-12/h6-7,9-10,13H,3-5,8,11H2,1-2H3,(H,17,18). The molecule has 1 aromatic carbocycles. The molecule has 2 nitrogen and oxygen atoms in total. The first-order chi connectivity index (χ1) is 8.67. The molecule has 0 aliphatic carbocycles. The van der Waals surface area contributed by atoms with Crippen molar-refractivity contribution in [1.29, 1.82) is 0 Å². The summed E-state index contributed by atoms with van der Waals surface area (Å²) in [6, 6.07) is 7.59. The Labute approximate surface area is 115 Å². The molecule has 0 fully saturated rings. The first-order valence-corrected chi connectivity index (χ1v) is 7.07. The maximum Gasteiger partial charge on any atom is 0.223 e. The van der Waals surface area contributed by atoms with E-state index in [0.717, 1.165) is 31.2 Å². The van der Waals surface area contributed by atoms with Crippen molar-refractivity contribution in [3.63, 3.8) is 0 Å². The highest BCUT2D eigenvalue weighted by Crippen LogP contribution is 2.14. The summed E-state index contributed by atoms with van der Waals surface area (Å²) >= 11 is 5.91. The van der Waals surface area contributed by atoms with E-state index in [4.69, 9.17) is 11.6 Å². The molecule has 0 radical (unpaired) electrons. The molecule has 0 saturated carbocycles. The zero-order valence-corrected chi connectivity index (χ0v) is 12.0. The minimum Gasteiger partial charge on any atom is -0.352 e. The van der Waals surface area contributed by atoms with Crippen LogP contribution in [0.5, 0.6) is 0 Å². The number of benzene rings is 1. The number of hydrogen-bond acceptors (Lipinski definition) is 1. The molecule has 3 heteroatoms. The van der Waals surface area contributed by atoms with Gasteiger partial charge in [0.2, 0.25) is 5.91 Å². The van der Waals surface area contributed by atoms with Crippen LogP contribution in [0.1, 0.15) is 45.1 Å². The molecular weight excluding hydrogens is 246 g/mol. The van der Waals surface area contributed by atoms with Crippen LogP contribution < -0.4 is 5.32 Å². The molecule has 0 spiro atoms. The van der Waals surface area contributed by atoms with E-state index in [1.54, 1.807) is 0 Å². The molecule has 0 bridgehead atoms. The number of rotatable bonds is 7. The van der Waals surface area contributed by atoms with Gasteiger partial charge in [-0.15, -0.1) is 0 Å². The summed E-state index contributed by atoms with van der Waals surface area (Å²) in [5, 5.41) is 3.70. The van der Waals surface area contributed by atoms with Gasteiger partial charge < -0.3 is 5.32 Å². The number of carbonyl (C=O) groups is 1. The largest absolute Gasteiger partial charge is 0.352 e. The van der Waals surface area contributed by atoms with E-state index in [-0.39, 0.29) is 11.8 Å². The van der Waals surface area contributed by atoms with E-state index in [0.29, 0.717) is 11.6 Å². The van der Waals surface area contributed by atoms with Gasteiger partial charge in [-0.2, -0.15) is 0 Å². The third-order valence-corrected chi connectivity index (χ3v) is 3.36. The van der Waals surface area contributed by atoms with Crippen LogP contribution in [0.4, 0.5) is 0 Å². The molecule has 1 rings (SSSR count). The Morgan fingerprint density at radius 1 is 1.39 bits per heavy atom. The predicted octanol–water partition coefficient (Wildman–Crippen LogP) is 4.17. The quantitative estimate of drug-likeness (QED) is 0.789. The average Bonchev–Trinajstić information content (AvgIpc) is 2.37. The fraction of sp³-hybridized carbons (Fsp3) is 0.533. The van der Waals surface area contributed by atoms with Crippen LogP contribution >= 0.6 is 11.6 Å². The molecule has 1 atom stereocenters. The van der Waals surface area contributed by atoms with Gasteiger partial charge in [-0.25, -0.2) is 0 Å². The van der Waals surface area contributed by atoms with Crippen LogP contribution in [0.15, 0.2) is 24.3 Å². The fourth-order valence-corrected chi connectivity index (χ4v) is 2.16. The number of hydrogen-bond donors (Lipinski definition) is 1.